The first kappa shape index (κ1) is 17.7. The minimum Gasteiger partial charge on any atom is -0.508 e. The Hall–Kier alpha value is -3.13. The highest BCUT2D eigenvalue weighted by atomic mass is 16.5. The van der Waals surface area contributed by atoms with E-state index in [1.807, 2.05) is 13.8 Å². The third-order valence-electron chi connectivity index (χ3n) is 4.04. The predicted molar refractivity (Wildman–Crippen MR) is 96.8 cm³/mol. The lowest BCUT2D eigenvalue weighted by atomic mass is 10.0. The summed E-state index contributed by atoms with van der Waals surface area (Å²) in [6.07, 6.45) is 1.64. The number of benzene rings is 1. The maximum atomic E-state index is 9.76. The first-order chi connectivity index (χ1) is 12.5. The zero-order valence-corrected chi connectivity index (χ0v) is 14.9. The normalized spacial score (nSPS) is 11.8. The van der Waals surface area contributed by atoms with Gasteiger partial charge in [-0.05, 0) is 44.5 Å². The predicted octanol–water partition coefficient (Wildman–Crippen LogP) is 3.40. The molecule has 0 saturated carbocycles. The molecule has 0 fully saturated rings. The number of nitrogens with one attached hydrogen (secondary N) is 2. The fourth-order valence-corrected chi connectivity index (χ4v) is 2.86. The van der Waals surface area contributed by atoms with Crippen LogP contribution < -0.4 is 5.48 Å². The lowest BCUT2D eigenvalue weighted by Gasteiger charge is -2.08. The summed E-state index contributed by atoms with van der Waals surface area (Å²) in [5, 5.41) is 30.6. The Balaban J connectivity index is 2.17. The number of aromatic amines is 1. The first-order valence-electron chi connectivity index (χ1n) is 8.33. The molecule has 136 valence electrons. The summed E-state index contributed by atoms with van der Waals surface area (Å²) in [5.74, 6) is 1.04. The van der Waals surface area contributed by atoms with Gasteiger partial charge in [-0.2, -0.15) is 5.10 Å². The lowest BCUT2D eigenvalue weighted by molar-refractivity contribution is 0.235. The van der Waals surface area contributed by atoms with E-state index in [9.17, 15) is 10.3 Å². The fraction of sp³-hybridized carbons (Fsp3) is 0.278. The number of aryl methyl sites for hydroxylation is 3. The summed E-state index contributed by atoms with van der Waals surface area (Å²) in [4.78, 5) is 4.47. The summed E-state index contributed by atoms with van der Waals surface area (Å²) in [6.45, 7) is 5.72. The minimum atomic E-state index is 0.147. The molecule has 0 saturated heterocycles. The van der Waals surface area contributed by atoms with E-state index in [1.54, 1.807) is 12.1 Å². The Kier molecular flexibility index (Phi) is 5.04. The van der Waals surface area contributed by atoms with E-state index in [-0.39, 0.29) is 11.6 Å². The van der Waals surface area contributed by atoms with Gasteiger partial charge in [-0.1, -0.05) is 18.5 Å². The SMILES string of the molecule is CCCc1[nH]nc(-c2c(C)noc2C)c1C(=Nc1ccc(O)cc1)NO. The largest absolute Gasteiger partial charge is 0.508 e. The third kappa shape index (κ3) is 3.31. The Morgan fingerprint density at radius 2 is 2.00 bits per heavy atom. The molecule has 2 heterocycles. The number of aromatic hydroxyl groups is 1. The number of rotatable bonds is 5. The number of aromatic nitrogens is 3. The van der Waals surface area contributed by atoms with Gasteiger partial charge in [0.2, 0.25) is 0 Å². The Morgan fingerprint density at radius 3 is 2.58 bits per heavy atom. The number of phenolic OH excluding ortho intramolecular Hbond substituents is 1. The molecule has 0 amide bonds. The highest BCUT2D eigenvalue weighted by molar-refractivity contribution is 6.05. The van der Waals surface area contributed by atoms with Crippen LogP contribution >= 0.6 is 0 Å². The molecule has 0 spiro atoms. The molecule has 8 heteroatoms. The molecule has 0 atom stereocenters. The number of hydrogen-bond donors (Lipinski definition) is 4. The monoisotopic (exact) mass is 355 g/mol. The molecular weight excluding hydrogens is 334 g/mol. The summed E-state index contributed by atoms with van der Waals surface area (Å²) >= 11 is 0. The van der Waals surface area contributed by atoms with E-state index < -0.39 is 0 Å². The van der Waals surface area contributed by atoms with E-state index in [0.717, 1.165) is 24.1 Å². The van der Waals surface area contributed by atoms with Crippen molar-refractivity contribution in [2.45, 2.75) is 33.6 Å². The van der Waals surface area contributed by atoms with Crippen molar-refractivity contribution in [3.8, 4) is 17.0 Å². The number of hydrogen-bond acceptors (Lipinski definition) is 6. The van der Waals surface area contributed by atoms with E-state index in [0.29, 0.717) is 28.4 Å². The van der Waals surface area contributed by atoms with Crippen molar-refractivity contribution in [2.75, 3.05) is 0 Å². The van der Waals surface area contributed by atoms with Crippen molar-refractivity contribution in [3.63, 3.8) is 0 Å². The van der Waals surface area contributed by atoms with Crippen LogP contribution in [0.15, 0.2) is 33.8 Å². The standard InChI is InChI=1S/C18H21N5O3/c1-4-5-14-16(17(21-20-14)15-10(2)23-26-11(15)3)18(22-25)19-12-6-8-13(24)9-7-12/h6-9,24-25H,4-5H2,1-3H3,(H,19,22)(H,20,21). The van der Waals surface area contributed by atoms with Crippen molar-refractivity contribution in [1.82, 2.24) is 20.8 Å². The van der Waals surface area contributed by atoms with Crippen LogP contribution in [0.3, 0.4) is 0 Å². The summed E-state index contributed by atoms with van der Waals surface area (Å²) in [6, 6.07) is 6.38. The van der Waals surface area contributed by atoms with Gasteiger partial charge in [-0.15, -0.1) is 0 Å². The van der Waals surface area contributed by atoms with Crippen molar-refractivity contribution in [1.29, 1.82) is 0 Å². The molecule has 4 N–H and O–H groups in total. The van der Waals surface area contributed by atoms with Crippen LogP contribution in [0.25, 0.3) is 11.3 Å². The van der Waals surface area contributed by atoms with Crippen LogP contribution in [-0.2, 0) is 6.42 Å². The molecule has 8 nitrogen and oxygen atoms in total. The van der Waals surface area contributed by atoms with Crippen LogP contribution in [0.4, 0.5) is 5.69 Å². The number of hydroxylamine groups is 1. The summed E-state index contributed by atoms with van der Waals surface area (Å²) in [7, 11) is 0. The molecule has 1 aromatic carbocycles. The molecule has 0 aliphatic carbocycles. The van der Waals surface area contributed by atoms with Gasteiger partial charge in [-0.3, -0.25) is 15.8 Å². The molecule has 0 aliphatic heterocycles. The zero-order valence-electron chi connectivity index (χ0n) is 14.9. The number of nitrogens with zero attached hydrogens (tertiary/aromatic N) is 3. The maximum Gasteiger partial charge on any atom is 0.161 e. The van der Waals surface area contributed by atoms with Crippen molar-refractivity contribution in [3.05, 3.63) is 47.0 Å². The smallest absolute Gasteiger partial charge is 0.161 e. The van der Waals surface area contributed by atoms with Crippen LogP contribution in [0.1, 0.15) is 36.1 Å². The second-order valence-corrected chi connectivity index (χ2v) is 5.96. The van der Waals surface area contributed by atoms with Crippen molar-refractivity contribution in [2.24, 2.45) is 4.99 Å². The van der Waals surface area contributed by atoms with Crippen molar-refractivity contribution >= 4 is 11.5 Å². The topological polar surface area (TPSA) is 120 Å². The van der Waals surface area contributed by atoms with E-state index >= 15 is 0 Å². The Labute approximate surface area is 150 Å². The summed E-state index contributed by atoms with van der Waals surface area (Å²) < 4.78 is 5.26. The van der Waals surface area contributed by atoms with Gasteiger partial charge in [0.05, 0.1) is 22.5 Å². The Morgan fingerprint density at radius 1 is 1.27 bits per heavy atom. The Bertz CT molecular complexity index is 905. The third-order valence-corrected chi connectivity index (χ3v) is 4.04. The van der Waals surface area contributed by atoms with Gasteiger partial charge < -0.3 is 9.63 Å². The molecule has 0 bridgehead atoms. The number of aliphatic imine (C=N–C) groups is 1. The van der Waals surface area contributed by atoms with Gasteiger partial charge >= 0.3 is 0 Å². The first-order valence-corrected chi connectivity index (χ1v) is 8.33. The fourth-order valence-electron chi connectivity index (χ4n) is 2.86. The highest BCUT2D eigenvalue weighted by Crippen LogP contribution is 2.31. The van der Waals surface area contributed by atoms with Crippen LogP contribution in [0, 0.1) is 13.8 Å². The van der Waals surface area contributed by atoms with Gasteiger partial charge in [0.25, 0.3) is 0 Å². The number of amidine groups is 1. The summed E-state index contributed by atoms with van der Waals surface area (Å²) in [5.41, 5.74) is 6.37. The van der Waals surface area contributed by atoms with E-state index in [4.69, 9.17) is 4.52 Å². The highest BCUT2D eigenvalue weighted by Gasteiger charge is 2.24. The molecule has 26 heavy (non-hydrogen) atoms. The molecule has 0 unspecified atom stereocenters. The minimum absolute atomic E-state index is 0.147. The molecular formula is C18H21N5O3. The van der Waals surface area contributed by atoms with Gasteiger partial charge in [0.15, 0.2) is 5.84 Å². The quantitative estimate of drug-likeness (QED) is 0.316. The lowest BCUT2D eigenvalue weighted by Crippen LogP contribution is -2.22. The van der Waals surface area contributed by atoms with Gasteiger partial charge in [0, 0.05) is 5.69 Å². The van der Waals surface area contributed by atoms with E-state index in [2.05, 4.69) is 32.8 Å². The second-order valence-electron chi connectivity index (χ2n) is 5.96. The molecule has 0 radical (unpaired) electrons. The van der Waals surface area contributed by atoms with Crippen LogP contribution in [-0.4, -0.2) is 31.5 Å². The average Bonchev–Trinajstić information content (AvgIpc) is 3.18. The number of phenols is 1. The average molecular weight is 355 g/mol. The number of H-pyrrole nitrogens is 1. The van der Waals surface area contributed by atoms with Gasteiger partial charge in [0.1, 0.15) is 17.2 Å². The molecule has 2 aromatic heterocycles. The maximum absolute atomic E-state index is 9.76. The molecule has 3 aromatic rings. The van der Waals surface area contributed by atoms with Crippen molar-refractivity contribution < 1.29 is 14.8 Å². The van der Waals surface area contributed by atoms with Gasteiger partial charge in [-0.25, -0.2) is 4.99 Å². The zero-order chi connectivity index (χ0) is 18.7. The molecule has 3 rings (SSSR count). The van der Waals surface area contributed by atoms with E-state index in [1.165, 1.54) is 12.1 Å². The second kappa shape index (κ2) is 7.40. The van der Waals surface area contributed by atoms with Crippen LogP contribution in [0.5, 0.6) is 5.75 Å². The van der Waals surface area contributed by atoms with Crippen LogP contribution in [0.2, 0.25) is 0 Å². The molecule has 0 aliphatic rings.